The highest BCUT2D eigenvalue weighted by Crippen LogP contribution is 2.23. The molecule has 0 saturated carbocycles. The Morgan fingerprint density at radius 1 is 1.50 bits per heavy atom. The molecule has 1 aromatic carbocycles. The van der Waals surface area contributed by atoms with E-state index in [0.29, 0.717) is 22.6 Å². The van der Waals surface area contributed by atoms with Gasteiger partial charge in [0.2, 0.25) is 0 Å². The SMILES string of the molecule is Fc1cc2[nH]c(=S)n(Cc3ccno3)c2cc1Cl. The fourth-order valence-corrected chi connectivity index (χ4v) is 2.22. The van der Waals surface area contributed by atoms with Gasteiger partial charge >= 0.3 is 0 Å². The maximum atomic E-state index is 13.3. The summed E-state index contributed by atoms with van der Waals surface area (Å²) in [6.07, 6.45) is 1.56. The molecule has 0 aliphatic carbocycles. The first-order valence-corrected chi connectivity index (χ1v) is 5.91. The molecule has 4 nitrogen and oxygen atoms in total. The van der Waals surface area contributed by atoms with Crippen LogP contribution in [0.1, 0.15) is 5.76 Å². The molecule has 3 aromatic rings. The number of imidazole rings is 1. The van der Waals surface area contributed by atoms with Crippen molar-refractivity contribution in [3.8, 4) is 0 Å². The molecule has 92 valence electrons. The van der Waals surface area contributed by atoms with Crippen LogP contribution in [0.2, 0.25) is 5.02 Å². The minimum absolute atomic E-state index is 0.0582. The summed E-state index contributed by atoms with van der Waals surface area (Å²) >= 11 is 11.0. The number of hydrogen-bond donors (Lipinski definition) is 1. The van der Waals surface area contributed by atoms with Gasteiger partial charge in [-0.3, -0.25) is 0 Å². The van der Waals surface area contributed by atoms with E-state index in [2.05, 4.69) is 10.1 Å². The van der Waals surface area contributed by atoms with Crippen molar-refractivity contribution in [2.75, 3.05) is 0 Å². The lowest BCUT2D eigenvalue weighted by molar-refractivity contribution is 0.377. The number of hydrogen-bond acceptors (Lipinski definition) is 3. The fourth-order valence-electron chi connectivity index (χ4n) is 1.79. The number of aromatic nitrogens is 3. The predicted molar refractivity (Wildman–Crippen MR) is 67.7 cm³/mol. The van der Waals surface area contributed by atoms with Crippen LogP contribution in [0, 0.1) is 10.6 Å². The van der Waals surface area contributed by atoms with Gasteiger partial charge in [0.1, 0.15) is 5.82 Å². The Kier molecular flexibility index (Phi) is 2.68. The molecule has 2 heterocycles. The van der Waals surface area contributed by atoms with Gasteiger partial charge < -0.3 is 14.1 Å². The van der Waals surface area contributed by atoms with Crippen molar-refractivity contribution in [1.29, 1.82) is 0 Å². The summed E-state index contributed by atoms with van der Waals surface area (Å²) in [7, 11) is 0. The molecule has 7 heteroatoms. The first kappa shape index (κ1) is 11.4. The van der Waals surface area contributed by atoms with E-state index < -0.39 is 5.82 Å². The fraction of sp³-hybridized carbons (Fsp3) is 0.0909. The Balaban J connectivity index is 2.19. The van der Waals surface area contributed by atoms with Crippen LogP contribution in [0.15, 0.2) is 28.9 Å². The van der Waals surface area contributed by atoms with Crippen molar-refractivity contribution < 1.29 is 8.91 Å². The Morgan fingerprint density at radius 2 is 2.33 bits per heavy atom. The second-order valence-corrected chi connectivity index (χ2v) is 4.57. The molecule has 18 heavy (non-hydrogen) atoms. The van der Waals surface area contributed by atoms with Crippen molar-refractivity contribution in [2.24, 2.45) is 0 Å². The molecule has 0 atom stereocenters. The van der Waals surface area contributed by atoms with E-state index in [1.54, 1.807) is 16.8 Å². The zero-order chi connectivity index (χ0) is 12.7. The average molecular weight is 284 g/mol. The molecule has 0 radical (unpaired) electrons. The molecule has 0 fully saturated rings. The third kappa shape index (κ3) is 1.83. The summed E-state index contributed by atoms with van der Waals surface area (Å²) in [6, 6.07) is 4.60. The van der Waals surface area contributed by atoms with Crippen molar-refractivity contribution in [3.63, 3.8) is 0 Å². The quantitative estimate of drug-likeness (QED) is 0.732. The number of H-pyrrole nitrogens is 1. The number of rotatable bonds is 2. The number of halogens is 2. The molecule has 1 N–H and O–H groups in total. The van der Waals surface area contributed by atoms with E-state index in [-0.39, 0.29) is 5.02 Å². The van der Waals surface area contributed by atoms with Crippen LogP contribution in [0.4, 0.5) is 4.39 Å². The first-order chi connectivity index (χ1) is 8.65. The largest absolute Gasteiger partial charge is 0.359 e. The Labute approximate surface area is 111 Å². The maximum Gasteiger partial charge on any atom is 0.178 e. The molecule has 3 rings (SSSR count). The van der Waals surface area contributed by atoms with Crippen LogP contribution < -0.4 is 0 Å². The van der Waals surface area contributed by atoms with Gasteiger partial charge in [-0.05, 0) is 18.3 Å². The molecule has 0 aliphatic heterocycles. The first-order valence-electron chi connectivity index (χ1n) is 5.12. The van der Waals surface area contributed by atoms with Crippen LogP contribution in [-0.2, 0) is 6.54 Å². The minimum atomic E-state index is -0.479. The maximum absolute atomic E-state index is 13.3. The third-order valence-corrected chi connectivity index (χ3v) is 3.23. The number of fused-ring (bicyclic) bond motifs is 1. The highest BCUT2D eigenvalue weighted by molar-refractivity contribution is 7.71. The van der Waals surface area contributed by atoms with Crippen molar-refractivity contribution >= 4 is 34.9 Å². The smallest absolute Gasteiger partial charge is 0.178 e. The van der Waals surface area contributed by atoms with Gasteiger partial charge in [0, 0.05) is 12.1 Å². The van der Waals surface area contributed by atoms with Crippen molar-refractivity contribution in [3.05, 3.63) is 45.8 Å². The second-order valence-electron chi connectivity index (χ2n) is 3.78. The molecular formula is C11H7ClFN3OS. The number of nitrogens with one attached hydrogen (secondary N) is 1. The number of aromatic amines is 1. The van der Waals surface area contributed by atoms with Gasteiger partial charge in [-0.1, -0.05) is 16.8 Å². The summed E-state index contributed by atoms with van der Waals surface area (Å²) in [6.45, 7) is 0.417. The van der Waals surface area contributed by atoms with Crippen LogP contribution >= 0.6 is 23.8 Å². The number of nitrogens with zero attached hydrogens (tertiary/aromatic N) is 2. The van der Waals surface area contributed by atoms with Gasteiger partial charge in [0.15, 0.2) is 10.5 Å². The lowest BCUT2D eigenvalue weighted by Gasteiger charge is -2.01. The van der Waals surface area contributed by atoms with E-state index in [4.69, 9.17) is 28.3 Å². The molecule has 0 amide bonds. The van der Waals surface area contributed by atoms with Crippen LogP contribution in [0.3, 0.4) is 0 Å². The standard InChI is InChI=1S/C11H7ClFN3OS/c12-7-3-10-9(4-8(7)13)15-11(18)16(10)5-6-1-2-14-17-6/h1-4H,5H2,(H,15,18). The highest BCUT2D eigenvalue weighted by atomic mass is 35.5. The summed E-state index contributed by atoms with van der Waals surface area (Å²) in [5.41, 5.74) is 1.32. The normalized spacial score (nSPS) is 11.2. The van der Waals surface area contributed by atoms with E-state index in [1.807, 2.05) is 0 Å². The minimum Gasteiger partial charge on any atom is -0.359 e. The predicted octanol–water partition coefficient (Wildman–Crippen LogP) is 3.53. The Morgan fingerprint density at radius 3 is 3.06 bits per heavy atom. The molecule has 2 aromatic heterocycles. The van der Waals surface area contributed by atoms with Crippen LogP contribution in [0.25, 0.3) is 11.0 Å². The van der Waals surface area contributed by atoms with E-state index in [1.165, 1.54) is 12.1 Å². The molecule has 0 saturated heterocycles. The Hall–Kier alpha value is -1.66. The lowest BCUT2D eigenvalue weighted by Crippen LogP contribution is -1.98. The summed E-state index contributed by atoms with van der Waals surface area (Å²) < 4.78 is 20.6. The van der Waals surface area contributed by atoms with E-state index in [9.17, 15) is 4.39 Å². The highest BCUT2D eigenvalue weighted by Gasteiger charge is 2.10. The molecule has 0 bridgehead atoms. The second kappa shape index (κ2) is 4.22. The van der Waals surface area contributed by atoms with Gasteiger partial charge in [-0.2, -0.15) is 0 Å². The third-order valence-electron chi connectivity index (χ3n) is 2.62. The molecular weight excluding hydrogens is 277 g/mol. The van der Waals surface area contributed by atoms with Gasteiger partial charge in [-0.15, -0.1) is 0 Å². The zero-order valence-corrected chi connectivity index (χ0v) is 10.6. The molecule has 0 aliphatic rings. The van der Waals surface area contributed by atoms with E-state index >= 15 is 0 Å². The molecule has 0 unspecified atom stereocenters. The van der Waals surface area contributed by atoms with Gasteiger partial charge in [0.25, 0.3) is 0 Å². The van der Waals surface area contributed by atoms with Crippen molar-refractivity contribution in [1.82, 2.24) is 14.7 Å². The van der Waals surface area contributed by atoms with Crippen LogP contribution in [-0.4, -0.2) is 14.7 Å². The lowest BCUT2D eigenvalue weighted by atomic mass is 10.3. The molecule has 0 spiro atoms. The van der Waals surface area contributed by atoms with Gasteiger partial charge in [-0.25, -0.2) is 4.39 Å². The van der Waals surface area contributed by atoms with Gasteiger partial charge in [0.05, 0.1) is 28.8 Å². The number of benzene rings is 1. The average Bonchev–Trinajstić information content (AvgIpc) is 2.92. The zero-order valence-electron chi connectivity index (χ0n) is 8.98. The van der Waals surface area contributed by atoms with Crippen LogP contribution in [0.5, 0.6) is 0 Å². The summed E-state index contributed by atoms with van der Waals surface area (Å²) in [4.78, 5) is 2.92. The summed E-state index contributed by atoms with van der Waals surface area (Å²) in [5, 5.41) is 3.68. The van der Waals surface area contributed by atoms with E-state index in [0.717, 1.165) is 5.52 Å². The monoisotopic (exact) mass is 283 g/mol. The topological polar surface area (TPSA) is 46.8 Å². The Bertz CT molecular complexity index is 763. The summed E-state index contributed by atoms with van der Waals surface area (Å²) in [5.74, 6) is 0.180. The van der Waals surface area contributed by atoms with Crippen molar-refractivity contribution in [2.45, 2.75) is 6.54 Å².